The molecule has 0 aromatic heterocycles. The van der Waals surface area contributed by atoms with Crippen molar-refractivity contribution in [1.29, 1.82) is 0 Å². The summed E-state index contributed by atoms with van der Waals surface area (Å²) >= 11 is 0. The quantitative estimate of drug-likeness (QED) is 0.179. The van der Waals surface area contributed by atoms with Crippen LogP contribution in [-0.2, 0) is 11.2 Å². The van der Waals surface area contributed by atoms with Gasteiger partial charge >= 0.3 is 0 Å². The standard InChI is InChI=1S/C19H34N4O3.HI/c1-5-20-19(22-11-13-23(2)12-6-14-25-3)21-10-9-16-7-8-17(26-4)15-18(16)24;/h7-8,15,24H,5-6,9-14H2,1-4H3,(H2,20,21,22);1H. The van der Waals surface area contributed by atoms with Gasteiger partial charge in [-0.3, -0.25) is 4.99 Å². The number of rotatable bonds is 12. The lowest BCUT2D eigenvalue weighted by Gasteiger charge is -2.16. The molecule has 1 aromatic rings. The van der Waals surface area contributed by atoms with Gasteiger partial charge in [-0.1, -0.05) is 6.07 Å². The molecule has 1 rings (SSSR count). The lowest BCUT2D eigenvalue weighted by Crippen LogP contribution is -2.39. The fourth-order valence-corrected chi connectivity index (χ4v) is 2.46. The summed E-state index contributed by atoms with van der Waals surface area (Å²) in [7, 11) is 5.41. The summed E-state index contributed by atoms with van der Waals surface area (Å²) in [5.41, 5.74) is 0.882. The van der Waals surface area contributed by atoms with Crippen LogP contribution >= 0.6 is 24.0 Å². The topological polar surface area (TPSA) is 78.4 Å². The van der Waals surface area contributed by atoms with E-state index in [0.717, 1.165) is 50.7 Å². The first-order valence-electron chi connectivity index (χ1n) is 9.16. The number of ether oxygens (including phenoxy) is 2. The predicted molar refractivity (Wildman–Crippen MR) is 122 cm³/mol. The number of benzene rings is 1. The molecule has 0 aliphatic rings. The number of hydrogen-bond donors (Lipinski definition) is 3. The van der Waals surface area contributed by atoms with E-state index in [9.17, 15) is 5.11 Å². The molecule has 0 saturated carbocycles. The van der Waals surface area contributed by atoms with E-state index in [4.69, 9.17) is 9.47 Å². The third kappa shape index (κ3) is 11.2. The second kappa shape index (κ2) is 15.8. The largest absolute Gasteiger partial charge is 0.508 e. The van der Waals surface area contributed by atoms with E-state index < -0.39 is 0 Å². The van der Waals surface area contributed by atoms with Crippen LogP contribution in [0.3, 0.4) is 0 Å². The minimum Gasteiger partial charge on any atom is -0.508 e. The maximum Gasteiger partial charge on any atom is 0.191 e. The maximum atomic E-state index is 10.0. The SMILES string of the molecule is CCNC(=NCCN(C)CCCOC)NCCc1ccc(OC)cc1O.I. The molecule has 0 amide bonds. The van der Waals surface area contributed by atoms with E-state index in [1.165, 1.54) is 0 Å². The monoisotopic (exact) mass is 494 g/mol. The van der Waals surface area contributed by atoms with Crippen molar-refractivity contribution in [1.82, 2.24) is 15.5 Å². The van der Waals surface area contributed by atoms with Crippen molar-refractivity contribution in [2.24, 2.45) is 4.99 Å². The number of nitrogens with zero attached hydrogens (tertiary/aromatic N) is 2. The van der Waals surface area contributed by atoms with Gasteiger partial charge in [0.15, 0.2) is 5.96 Å². The molecule has 1 aromatic carbocycles. The number of nitrogens with one attached hydrogen (secondary N) is 2. The molecule has 0 aliphatic carbocycles. The maximum absolute atomic E-state index is 10.0. The van der Waals surface area contributed by atoms with Crippen LogP contribution in [0.5, 0.6) is 11.5 Å². The summed E-state index contributed by atoms with van der Waals surface area (Å²) < 4.78 is 10.2. The Kier molecular flexibility index (Phi) is 15.0. The molecular weight excluding hydrogens is 459 g/mol. The summed E-state index contributed by atoms with van der Waals surface area (Å²) in [5, 5.41) is 16.6. The molecule has 8 heteroatoms. The smallest absolute Gasteiger partial charge is 0.191 e. The molecule has 0 unspecified atom stereocenters. The number of phenols is 1. The van der Waals surface area contributed by atoms with Crippen molar-refractivity contribution in [3.63, 3.8) is 0 Å². The fourth-order valence-electron chi connectivity index (χ4n) is 2.46. The Bertz CT molecular complexity index is 544. The van der Waals surface area contributed by atoms with E-state index in [1.54, 1.807) is 20.3 Å². The molecule has 0 spiro atoms. The molecule has 0 heterocycles. The summed E-state index contributed by atoms with van der Waals surface area (Å²) in [5.74, 6) is 1.71. The molecule has 0 bridgehead atoms. The second-order valence-corrected chi connectivity index (χ2v) is 6.08. The van der Waals surface area contributed by atoms with Crippen molar-refractivity contribution in [3.8, 4) is 11.5 Å². The van der Waals surface area contributed by atoms with E-state index in [2.05, 4.69) is 27.6 Å². The Morgan fingerprint density at radius 2 is 2.00 bits per heavy atom. The van der Waals surface area contributed by atoms with Gasteiger partial charge in [0.05, 0.1) is 13.7 Å². The first-order chi connectivity index (χ1) is 12.6. The lowest BCUT2D eigenvalue weighted by molar-refractivity contribution is 0.180. The minimum atomic E-state index is 0. The highest BCUT2D eigenvalue weighted by Crippen LogP contribution is 2.23. The van der Waals surface area contributed by atoms with Gasteiger partial charge in [-0.15, -0.1) is 24.0 Å². The molecule has 3 N–H and O–H groups in total. The number of halogens is 1. The summed E-state index contributed by atoms with van der Waals surface area (Å²) in [6, 6.07) is 5.37. The van der Waals surface area contributed by atoms with Crippen molar-refractivity contribution in [3.05, 3.63) is 23.8 Å². The second-order valence-electron chi connectivity index (χ2n) is 6.08. The molecule has 27 heavy (non-hydrogen) atoms. The first-order valence-corrected chi connectivity index (χ1v) is 9.16. The molecule has 0 radical (unpaired) electrons. The van der Waals surface area contributed by atoms with Crippen LogP contribution in [-0.4, -0.2) is 76.6 Å². The molecule has 0 saturated heterocycles. The van der Waals surface area contributed by atoms with Gasteiger partial charge < -0.3 is 30.1 Å². The number of likely N-dealkylation sites (N-methyl/N-ethyl adjacent to an activating group) is 1. The summed E-state index contributed by atoms with van der Waals surface area (Å²) in [6.45, 7) is 6.97. The number of hydrogen-bond acceptors (Lipinski definition) is 5. The third-order valence-corrected chi connectivity index (χ3v) is 3.96. The van der Waals surface area contributed by atoms with Crippen molar-refractivity contribution in [2.45, 2.75) is 19.8 Å². The average Bonchev–Trinajstić information content (AvgIpc) is 2.63. The van der Waals surface area contributed by atoms with Crippen molar-refractivity contribution in [2.75, 3.05) is 60.6 Å². The summed E-state index contributed by atoms with van der Waals surface area (Å²) in [6.07, 6.45) is 1.73. The van der Waals surface area contributed by atoms with Gasteiger partial charge in [-0.2, -0.15) is 0 Å². The highest BCUT2D eigenvalue weighted by molar-refractivity contribution is 14.0. The zero-order valence-electron chi connectivity index (χ0n) is 17.0. The third-order valence-electron chi connectivity index (χ3n) is 3.96. The number of phenolic OH excluding ortho intramolecular Hbond substituents is 1. The minimum absolute atomic E-state index is 0. The van der Waals surface area contributed by atoms with Crippen LogP contribution in [0.15, 0.2) is 23.2 Å². The van der Waals surface area contributed by atoms with E-state index in [-0.39, 0.29) is 29.7 Å². The molecule has 0 atom stereocenters. The lowest BCUT2D eigenvalue weighted by atomic mass is 10.1. The van der Waals surface area contributed by atoms with Crippen LogP contribution in [0.25, 0.3) is 0 Å². The van der Waals surface area contributed by atoms with E-state index >= 15 is 0 Å². The van der Waals surface area contributed by atoms with E-state index in [0.29, 0.717) is 18.7 Å². The van der Waals surface area contributed by atoms with Crippen LogP contribution in [0.4, 0.5) is 0 Å². The number of methoxy groups -OCH3 is 2. The van der Waals surface area contributed by atoms with Crippen LogP contribution in [0.2, 0.25) is 0 Å². The van der Waals surface area contributed by atoms with E-state index in [1.807, 2.05) is 19.1 Å². The highest BCUT2D eigenvalue weighted by atomic mass is 127. The van der Waals surface area contributed by atoms with Crippen LogP contribution in [0, 0.1) is 0 Å². The average molecular weight is 494 g/mol. The Morgan fingerprint density at radius 1 is 1.22 bits per heavy atom. The molecule has 7 nitrogen and oxygen atoms in total. The molecule has 156 valence electrons. The van der Waals surface area contributed by atoms with Gasteiger partial charge in [-0.25, -0.2) is 0 Å². The number of aromatic hydroxyl groups is 1. The Labute approximate surface area is 180 Å². The van der Waals surface area contributed by atoms with Gasteiger partial charge in [-0.05, 0) is 38.4 Å². The first kappa shape index (κ1) is 25.7. The van der Waals surface area contributed by atoms with Gasteiger partial charge in [0.25, 0.3) is 0 Å². The van der Waals surface area contributed by atoms with Crippen LogP contribution < -0.4 is 15.4 Å². The number of guanidine groups is 1. The van der Waals surface area contributed by atoms with Gasteiger partial charge in [0.1, 0.15) is 11.5 Å². The normalized spacial score (nSPS) is 11.2. The Balaban J connectivity index is 0.00000676. The fraction of sp³-hybridized carbons (Fsp3) is 0.632. The van der Waals surface area contributed by atoms with Crippen molar-refractivity contribution < 1.29 is 14.6 Å². The van der Waals surface area contributed by atoms with Gasteiger partial charge in [0.2, 0.25) is 0 Å². The van der Waals surface area contributed by atoms with Crippen LogP contribution in [0.1, 0.15) is 18.9 Å². The summed E-state index contributed by atoms with van der Waals surface area (Å²) in [4.78, 5) is 6.85. The zero-order valence-corrected chi connectivity index (χ0v) is 19.3. The Morgan fingerprint density at radius 3 is 2.63 bits per heavy atom. The molecule has 0 fully saturated rings. The predicted octanol–water partition coefficient (Wildman–Crippen LogP) is 2.08. The molecular formula is C19H35IN4O3. The highest BCUT2D eigenvalue weighted by Gasteiger charge is 2.04. The van der Waals surface area contributed by atoms with Gasteiger partial charge in [0, 0.05) is 46.0 Å². The van der Waals surface area contributed by atoms with Crippen molar-refractivity contribution >= 4 is 29.9 Å². The number of aliphatic imine (C=N–C) groups is 1. The zero-order chi connectivity index (χ0) is 19.2. The Hall–Kier alpha value is -1.26. The molecule has 0 aliphatic heterocycles.